The zero-order chi connectivity index (χ0) is 16.2. The highest BCUT2D eigenvalue weighted by molar-refractivity contribution is 5.77. The zero-order valence-corrected chi connectivity index (χ0v) is 12.6. The van der Waals surface area contributed by atoms with Crippen LogP contribution in [0.4, 0.5) is 13.2 Å². The molecule has 0 aromatic heterocycles. The molecule has 1 aliphatic rings. The standard InChI is InChI=1S/C16H21F3N2O/c1-2-12-6-8-13(9-7-12)4-3-5-14(16(17,18)19)21-11-10-15(22)20-21/h6-9,14H,2-5,10-11H2,1H3,(H,20,22). The Balaban J connectivity index is 1.89. The molecule has 2 rings (SSSR count). The molecule has 1 saturated heterocycles. The van der Waals surface area contributed by atoms with Crippen molar-refractivity contribution in [3.05, 3.63) is 35.4 Å². The Labute approximate surface area is 128 Å². The van der Waals surface area contributed by atoms with Crippen LogP contribution in [0.5, 0.6) is 0 Å². The Hall–Kier alpha value is -1.56. The number of alkyl halides is 3. The van der Waals surface area contributed by atoms with Gasteiger partial charge in [-0.15, -0.1) is 0 Å². The van der Waals surface area contributed by atoms with Gasteiger partial charge in [0.05, 0.1) is 0 Å². The van der Waals surface area contributed by atoms with Gasteiger partial charge in [-0.25, -0.2) is 5.01 Å². The molecule has 0 bridgehead atoms. The summed E-state index contributed by atoms with van der Waals surface area (Å²) in [5, 5.41) is 1.03. The fourth-order valence-corrected chi connectivity index (χ4v) is 2.67. The van der Waals surface area contributed by atoms with E-state index in [2.05, 4.69) is 12.3 Å². The predicted octanol–water partition coefficient (Wildman–Crippen LogP) is 3.24. The summed E-state index contributed by atoms with van der Waals surface area (Å²) in [6.45, 7) is 2.18. The second-order valence-electron chi connectivity index (χ2n) is 5.60. The lowest BCUT2D eigenvalue weighted by Gasteiger charge is -2.28. The van der Waals surface area contributed by atoms with Crippen molar-refractivity contribution in [3.8, 4) is 0 Å². The number of carbonyl (C=O) groups is 1. The number of nitrogens with one attached hydrogen (secondary N) is 1. The Morgan fingerprint density at radius 1 is 1.23 bits per heavy atom. The maximum Gasteiger partial charge on any atom is 0.405 e. The van der Waals surface area contributed by atoms with Crippen LogP contribution in [0.15, 0.2) is 24.3 Å². The van der Waals surface area contributed by atoms with Gasteiger partial charge in [0.25, 0.3) is 0 Å². The van der Waals surface area contributed by atoms with Gasteiger partial charge in [0.15, 0.2) is 0 Å². The monoisotopic (exact) mass is 314 g/mol. The fraction of sp³-hybridized carbons (Fsp3) is 0.562. The lowest BCUT2D eigenvalue weighted by molar-refractivity contribution is -0.190. The Morgan fingerprint density at radius 2 is 1.86 bits per heavy atom. The molecule has 6 heteroatoms. The predicted molar refractivity (Wildman–Crippen MR) is 78.1 cm³/mol. The number of aryl methyl sites for hydroxylation is 2. The van der Waals surface area contributed by atoms with E-state index in [0.717, 1.165) is 17.0 Å². The molecule has 22 heavy (non-hydrogen) atoms. The molecule has 1 aromatic rings. The minimum absolute atomic E-state index is 0.0146. The van der Waals surface area contributed by atoms with Gasteiger partial charge in [-0.2, -0.15) is 13.2 Å². The van der Waals surface area contributed by atoms with E-state index in [1.807, 2.05) is 24.3 Å². The van der Waals surface area contributed by atoms with Crippen LogP contribution >= 0.6 is 0 Å². The average Bonchev–Trinajstić information content (AvgIpc) is 2.89. The summed E-state index contributed by atoms with van der Waals surface area (Å²) < 4.78 is 39.4. The number of hydrazine groups is 1. The van der Waals surface area contributed by atoms with Gasteiger partial charge < -0.3 is 0 Å². The van der Waals surface area contributed by atoms with Crippen molar-refractivity contribution in [2.24, 2.45) is 0 Å². The molecule has 1 aliphatic heterocycles. The molecule has 1 atom stereocenters. The van der Waals surface area contributed by atoms with Crippen molar-refractivity contribution < 1.29 is 18.0 Å². The zero-order valence-electron chi connectivity index (χ0n) is 12.6. The second kappa shape index (κ2) is 7.13. The number of amides is 1. The molecule has 1 heterocycles. The van der Waals surface area contributed by atoms with Gasteiger partial charge in [-0.3, -0.25) is 10.2 Å². The highest BCUT2D eigenvalue weighted by Crippen LogP contribution is 2.29. The van der Waals surface area contributed by atoms with E-state index in [1.54, 1.807) is 0 Å². The first kappa shape index (κ1) is 16.8. The molecule has 1 N–H and O–H groups in total. The molecule has 122 valence electrons. The summed E-state index contributed by atoms with van der Waals surface area (Å²) >= 11 is 0. The third kappa shape index (κ3) is 4.47. The van der Waals surface area contributed by atoms with Crippen molar-refractivity contribution in [1.82, 2.24) is 10.4 Å². The third-order valence-electron chi connectivity index (χ3n) is 3.98. The van der Waals surface area contributed by atoms with Crippen LogP contribution in [0.3, 0.4) is 0 Å². The number of halogens is 3. The largest absolute Gasteiger partial charge is 0.405 e. The van der Waals surface area contributed by atoms with Crippen LogP contribution in [-0.2, 0) is 17.6 Å². The maximum atomic E-state index is 13.1. The molecule has 1 fully saturated rings. The third-order valence-corrected chi connectivity index (χ3v) is 3.98. The van der Waals surface area contributed by atoms with Crippen molar-refractivity contribution >= 4 is 5.91 Å². The van der Waals surface area contributed by atoms with Crippen LogP contribution < -0.4 is 5.43 Å². The van der Waals surface area contributed by atoms with E-state index in [9.17, 15) is 18.0 Å². The highest BCUT2D eigenvalue weighted by atomic mass is 19.4. The van der Waals surface area contributed by atoms with E-state index in [4.69, 9.17) is 0 Å². The first-order valence-corrected chi connectivity index (χ1v) is 7.61. The first-order chi connectivity index (χ1) is 10.4. The Bertz CT molecular complexity index is 499. The molecule has 1 aromatic carbocycles. The lowest BCUT2D eigenvalue weighted by Crippen LogP contribution is -2.49. The molecule has 1 amide bonds. The van der Waals surface area contributed by atoms with Gasteiger partial charge in [-0.1, -0.05) is 31.2 Å². The highest BCUT2D eigenvalue weighted by Gasteiger charge is 2.45. The number of benzene rings is 1. The molecule has 0 radical (unpaired) electrons. The molecular weight excluding hydrogens is 293 g/mol. The Morgan fingerprint density at radius 3 is 2.36 bits per heavy atom. The van der Waals surface area contributed by atoms with Crippen LogP contribution in [0.25, 0.3) is 0 Å². The molecule has 0 saturated carbocycles. The van der Waals surface area contributed by atoms with E-state index in [1.165, 1.54) is 5.56 Å². The average molecular weight is 314 g/mol. The number of nitrogens with zero attached hydrogens (tertiary/aromatic N) is 1. The van der Waals surface area contributed by atoms with Crippen molar-refractivity contribution in [3.63, 3.8) is 0 Å². The van der Waals surface area contributed by atoms with Crippen molar-refractivity contribution in [1.29, 1.82) is 0 Å². The molecule has 0 aliphatic carbocycles. The number of rotatable bonds is 6. The molecular formula is C16H21F3N2O. The van der Waals surface area contributed by atoms with E-state index in [0.29, 0.717) is 12.8 Å². The quantitative estimate of drug-likeness (QED) is 0.874. The van der Waals surface area contributed by atoms with Crippen LogP contribution in [0.1, 0.15) is 37.3 Å². The first-order valence-electron chi connectivity index (χ1n) is 7.61. The topological polar surface area (TPSA) is 32.3 Å². The smallest absolute Gasteiger partial charge is 0.288 e. The van der Waals surface area contributed by atoms with Gasteiger partial charge in [0, 0.05) is 13.0 Å². The van der Waals surface area contributed by atoms with Crippen LogP contribution in [-0.4, -0.2) is 29.7 Å². The van der Waals surface area contributed by atoms with Crippen LogP contribution in [0.2, 0.25) is 0 Å². The van der Waals surface area contributed by atoms with E-state index in [-0.39, 0.29) is 25.3 Å². The summed E-state index contributed by atoms with van der Waals surface area (Å²) in [6, 6.07) is 6.36. The van der Waals surface area contributed by atoms with E-state index >= 15 is 0 Å². The number of carbonyl (C=O) groups excluding carboxylic acids is 1. The molecule has 3 nitrogen and oxygen atoms in total. The van der Waals surface area contributed by atoms with Gasteiger partial charge in [0.2, 0.25) is 5.91 Å². The van der Waals surface area contributed by atoms with Crippen LogP contribution in [0, 0.1) is 0 Å². The Kier molecular flexibility index (Phi) is 5.45. The SMILES string of the molecule is CCc1ccc(CCCC(N2CCC(=O)N2)C(F)(F)F)cc1. The summed E-state index contributed by atoms with van der Waals surface area (Å²) in [5.74, 6) is -0.343. The molecule has 0 spiro atoms. The van der Waals surface area contributed by atoms with E-state index < -0.39 is 12.2 Å². The maximum absolute atomic E-state index is 13.1. The normalized spacial score (nSPS) is 17.5. The van der Waals surface area contributed by atoms with Gasteiger partial charge in [-0.05, 0) is 36.8 Å². The van der Waals surface area contributed by atoms with Gasteiger partial charge >= 0.3 is 6.18 Å². The van der Waals surface area contributed by atoms with Crippen molar-refractivity contribution in [2.45, 2.75) is 51.2 Å². The minimum atomic E-state index is -4.33. The minimum Gasteiger partial charge on any atom is -0.288 e. The fourth-order valence-electron chi connectivity index (χ4n) is 2.67. The summed E-state index contributed by atoms with van der Waals surface area (Å²) in [5.41, 5.74) is 4.56. The van der Waals surface area contributed by atoms with Gasteiger partial charge in [0.1, 0.15) is 6.04 Å². The number of hydrogen-bond donors (Lipinski definition) is 1. The lowest BCUT2D eigenvalue weighted by atomic mass is 10.0. The second-order valence-corrected chi connectivity index (χ2v) is 5.60. The summed E-state index contributed by atoms with van der Waals surface area (Å²) in [7, 11) is 0. The summed E-state index contributed by atoms with van der Waals surface area (Å²) in [4.78, 5) is 11.1. The summed E-state index contributed by atoms with van der Waals surface area (Å²) in [6.07, 6.45) is -2.22. The number of hydrogen-bond acceptors (Lipinski definition) is 2. The molecule has 1 unspecified atom stereocenters. The van der Waals surface area contributed by atoms with Crippen molar-refractivity contribution in [2.75, 3.05) is 6.54 Å².